The molecule has 6 heteroatoms. The Morgan fingerprint density at radius 1 is 1.25 bits per heavy atom. The number of aliphatic carboxylic acids is 1. The fourth-order valence-corrected chi connectivity index (χ4v) is 1.62. The van der Waals surface area contributed by atoms with Crippen LogP contribution in [0.4, 0.5) is 0 Å². The van der Waals surface area contributed by atoms with E-state index in [0.717, 1.165) is 0 Å². The number of hydrogen-bond donors (Lipinski definition) is 2. The average molecular weight is 281 g/mol. The van der Waals surface area contributed by atoms with Gasteiger partial charge in [-0.15, -0.1) is 0 Å². The van der Waals surface area contributed by atoms with Gasteiger partial charge in [-0.2, -0.15) is 0 Å². The van der Waals surface area contributed by atoms with Gasteiger partial charge in [0, 0.05) is 11.6 Å². The van der Waals surface area contributed by atoms with Gasteiger partial charge in [-0.1, -0.05) is 6.07 Å². The normalized spacial score (nSPS) is 10.8. The fraction of sp³-hybridized carbons (Fsp3) is 0.429. The minimum absolute atomic E-state index is 0.0316. The maximum Gasteiger partial charge on any atom is 0.328 e. The van der Waals surface area contributed by atoms with Crippen molar-refractivity contribution >= 4 is 11.9 Å². The van der Waals surface area contributed by atoms with Crippen molar-refractivity contribution in [1.29, 1.82) is 0 Å². The highest BCUT2D eigenvalue weighted by Crippen LogP contribution is 2.25. The summed E-state index contributed by atoms with van der Waals surface area (Å²) in [6.07, 6.45) is 0.0316. The number of methoxy groups -OCH3 is 2. The number of hydrogen-bond acceptors (Lipinski definition) is 4. The molecule has 0 aliphatic carbocycles. The second-order valence-electron chi connectivity index (χ2n) is 4.83. The number of carbonyl (C=O) groups is 2. The summed E-state index contributed by atoms with van der Waals surface area (Å²) >= 11 is 0. The molecule has 110 valence electrons. The van der Waals surface area contributed by atoms with Crippen LogP contribution >= 0.6 is 0 Å². The fourth-order valence-electron chi connectivity index (χ4n) is 1.62. The van der Waals surface area contributed by atoms with E-state index in [1.807, 2.05) is 0 Å². The van der Waals surface area contributed by atoms with Crippen LogP contribution < -0.4 is 14.8 Å². The van der Waals surface area contributed by atoms with Crippen LogP contribution in [-0.2, 0) is 16.0 Å². The van der Waals surface area contributed by atoms with Gasteiger partial charge in [-0.05, 0) is 19.9 Å². The summed E-state index contributed by atoms with van der Waals surface area (Å²) in [4.78, 5) is 22.9. The van der Waals surface area contributed by atoms with Crippen LogP contribution in [0.1, 0.15) is 19.4 Å². The van der Waals surface area contributed by atoms with Gasteiger partial charge in [0.15, 0.2) is 0 Å². The Bertz CT molecular complexity index is 510. The van der Waals surface area contributed by atoms with Crippen LogP contribution in [0.5, 0.6) is 11.5 Å². The molecule has 0 saturated carbocycles. The molecule has 0 aliphatic rings. The highest BCUT2D eigenvalue weighted by Gasteiger charge is 2.29. The minimum Gasteiger partial charge on any atom is -0.497 e. The summed E-state index contributed by atoms with van der Waals surface area (Å²) in [5.41, 5.74) is -0.649. The maximum absolute atomic E-state index is 11.9. The van der Waals surface area contributed by atoms with E-state index >= 15 is 0 Å². The van der Waals surface area contributed by atoms with Crippen molar-refractivity contribution in [1.82, 2.24) is 5.32 Å². The lowest BCUT2D eigenvalue weighted by molar-refractivity contribution is -0.145. The number of rotatable bonds is 6. The molecular formula is C14H19NO5. The van der Waals surface area contributed by atoms with Crippen molar-refractivity contribution in [3.05, 3.63) is 23.8 Å². The largest absolute Gasteiger partial charge is 0.497 e. The smallest absolute Gasteiger partial charge is 0.328 e. The van der Waals surface area contributed by atoms with Gasteiger partial charge in [-0.25, -0.2) is 4.79 Å². The lowest BCUT2D eigenvalue weighted by Crippen LogP contribution is -2.50. The Kier molecular flexibility index (Phi) is 4.96. The topological polar surface area (TPSA) is 84.9 Å². The molecule has 0 atom stereocenters. The molecule has 2 N–H and O–H groups in total. The molecule has 1 amide bonds. The van der Waals surface area contributed by atoms with E-state index in [1.54, 1.807) is 18.2 Å². The highest BCUT2D eigenvalue weighted by atomic mass is 16.5. The van der Waals surface area contributed by atoms with Gasteiger partial charge in [-0.3, -0.25) is 4.79 Å². The Morgan fingerprint density at radius 2 is 1.90 bits per heavy atom. The summed E-state index contributed by atoms with van der Waals surface area (Å²) in [6, 6.07) is 5.10. The molecule has 0 saturated heterocycles. The summed E-state index contributed by atoms with van der Waals surface area (Å²) in [6.45, 7) is 2.86. The number of carboxylic acids is 1. The third-order valence-electron chi connectivity index (χ3n) is 2.83. The molecule has 0 aliphatic heterocycles. The van der Waals surface area contributed by atoms with E-state index in [9.17, 15) is 9.59 Å². The average Bonchev–Trinajstić information content (AvgIpc) is 2.38. The van der Waals surface area contributed by atoms with Gasteiger partial charge in [0.25, 0.3) is 0 Å². The van der Waals surface area contributed by atoms with E-state index < -0.39 is 11.5 Å². The molecule has 1 aromatic rings. The molecule has 1 aromatic carbocycles. The Morgan fingerprint density at radius 3 is 2.40 bits per heavy atom. The van der Waals surface area contributed by atoms with Crippen LogP contribution in [0, 0.1) is 0 Å². The number of nitrogens with one attached hydrogen (secondary N) is 1. The van der Waals surface area contributed by atoms with Gasteiger partial charge < -0.3 is 19.9 Å². The number of carboxylic acid groups (broad SMARTS) is 1. The minimum atomic E-state index is -1.31. The number of benzene rings is 1. The van der Waals surface area contributed by atoms with E-state index in [0.29, 0.717) is 17.1 Å². The first-order chi connectivity index (χ1) is 9.30. The van der Waals surface area contributed by atoms with Crippen LogP contribution in [0.3, 0.4) is 0 Å². The first-order valence-corrected chi connectivity index (χ1v) is 6.05. The summed E-state index contributed by atoms with van der Waals surface area (Å²) in [5.74, 6) is -0.335. The Hall–Kier alpha value is -2.24. The number of amides is 1. The van der Waals surface area contributed by atoms with Crippen molar-refractivity contribution in [2.45, 2.75) is 25.8 Å². The van der Waals surface area contributed by atoms with Crippen molar-refractivity contribution < 1.29 is 24.2 Å². The number of ether oxygens (including phenoxy) is 2. The predicted molar refractivity (Wildman–Crippen MR) is 73.1 cm³/mol. The van der Waals surface area contributed by atoms with E-state index in [2.05, 4.69) is 5.32 Å². The maximum atomic E-state index is 11.9. The molecule has 0 heterocycles. The van der Waals surface area contributed by atoms with Crippen molar-refractivity contribution in [2.24, 2.45) is 0 Å². The second kappa shape index (κ2) is 6.27. The molecule has 6 nitrogen and oxygen atoms in total. The van der Waals surface area contributed by atoms with Crippen molar-refractivity contribution in [3.8, 4) is 11.5 Å². The van der Waals surface area contributed by atoms with Gasteiger partial charge in [0.2, 0.25) is 5.91 Å². The van der Waals surface area contributed by atoms with Crippen LogP contribution in [-0.4, -0.2) is 36.7 Å². The van der Waals surface area contributed by atoms with E-state index in [4.69, 9.17) is 14.6 Å². The molecule has 0 spiro atoms. The van der Waals surface area contributed by atoms with Crippen molar-refractivity contribution in [2.75, 3.05) is 14.2 Å². The van der Waals surface area contributed by atoms with Crippen molar-refractivity contribution in [3.63, 3.8) is 0 Å². The summed E-state index contributed by atoms with van der Waals surface area (Å²) in [5, 5.41) is 11.4. The van der Waals surface area contributed by atoms with Crippen LogP contribution in [0.15, 0.2) is 18.2 Å². The van der Waals surface area contributed by atoms with Crippen LogP contribution in [0.2, 0.25) is 0 Å². The lowest BCUT2D eigenvalue weighted by Gasteiger charge is -2.21. The zero-order valence-corrected chi connectivity index (χ0v) is 12.0. The third-order valence-corrected chi connectivity index (χ3v) is 2.83. The predicted octanol–water partition coefficient (Wildman–Crippen LogP) is 1.23. The van der Waals surface area contributed by atoms with Gasteiger partial charge in [0.05, 0.1) is 20.6 Å². The SMILES string of the molecule is COc1ccc(CC(=O)NC(C)(C)C(=O)O)c(OC)c1. The zero-order chi connectivity index (χ0) is 15.3. The monoisotopic (exact) mass is 281 g/mol. The molecule has 1 rings (SSSR count). The first kappa shape index (κ1) is 15.8. The quantitative estimate of drug-likeness (QED) is 0.819. The standard InChI is InChI=1S/C14H19NO5/c1-14(2,13(17)18)15-12(16)7-9-5-6-10(19-3)8-11(9)20-4/h5-6,8H,7H2,1-4H3,(H,15,16)(H,17,18). The Labute approximate surface area is 117 Å². The summed E-state index contributed by atoms with van der Waals surface area (Å²) < 4.78 is 10.3. The Balaban J connectivity index is 2.83. The summed E-state index contributed by atoms with van der Waals surface area (Å²) in [7, 11) is 3.04. The molecule has 0 aromatic heterocycles. The molecule has 0 radical (unpaired) electrons. The first-order valence-electron chi connectivity index (χ1n) is 6.05. The van der Waals surface area contributed by atoms with Gasteiger partial charge >= 0.3 is 5.97 Å². The number of carbonyl (C=O) groups excluding carboxylic acids is 1. The van der Waals surface area contributed by atoms with E-state index in [-0.39, 0.29) is 12.3 Å². The molecule has 20 heavy (non-hydrogen) atoms. The molecule has 0 bridgehead atoms. The highest BCUT2D eigenvalue weighted by molar-refractivity contribution is 5.87. The van der Waals surface area contributed by atoms with Crippen LogP contribution in [0.25, 0.3) is 0 Å². The second-order valence-corrected chi connectivity index (χ2v) is 4.83. The molecule has 0 unspecified atom stereocenters. The lowest BCUT2D eigenvalue weighted by atomic mass is 10.0. The van der Waals surface area contributed by atoms with Gasteiger partial charge in [0.1, 0.15) is 17.0 Å². The third kappa shape index (κ3) is 3.88. The molecular weight excluding hydrogens is 262 g/mol. The molecule has 0 fully saturated rings. The van der Waals surface area contributed by atoms with E-state index in [1.165, 1.54) is 28.1 Å². The zero-order valence-electron chi connectivity index (χ0n) is 12.0.